The lowest BCUT2D eigenvalue weighted by molar-refractivity contribution is -0.232. The highest BCUT2D eigenvalue weighted by atomic mass is 35.5. The zero-order valence-electron chi connectivity index (χ0n) is 19.8. The van der Waals surface area contributed by atoms with Crippen molar-refractivity contribution in [3.63, 3.8) is 0 Å². The number of carbonyl (C=O) groups is 1. The van der Waals surface area contributed by atoms with Crippen LogP contribution in [-0.4, -0.2) is 87.9 Å². The fourth-order valence-electron chi connectivity index (χ4n) is 4.26. The number of nitrogens with two attached hydrogens (primary N) is 1. The number of aliphatic hydroxyl groups is 3. The number of rotatable bonds is 9. The van der Waals surface area contributed by atoms with Crippen molar-refractivity contribution in [3.8, 4) is 11.3 Å². The lowest BCUT2D eigenvalue weighted by Gasteiger charge is -2.31. The van der Waals surface area contributed by atoms with Crippen LogP contribution in [0.15, 0.2) is 47.2 Å². The Bertz CT molecular complexity index is 1490. The average Bonchev–Trinajstić information content (AvgIpc) is 3.61. The van der Waals surface area contributed by atoms with Gasteiger partial charge in [0.15, 0.2) is 30.2 Å². The SMILES string of the molecule is Nc1nc(Cl)nc2c1ncn2[C@@H]1O[C@H](COC(Cc2cc(-c3ccccc3)no2)(C(=O)O)C(O)O)[C@@H](O)[C@@H]1F. The van der Waals surface area contributed by atoms with Gasteiger partial charge in [-0.3, -0.25) is 4.57 Å². The summed E-state index contributed by atoms with van der Waals surface area (Å²) in [6.45, 7) is -0.744. The van der Waals surface area contributed by atoms with E-state index < -0.39 is 55.5 Å². The van der Waals surface area contributed by atoms with E-state index in [1.165, 1.54) is 12.4 Å². The lowest BCUT2D eigenvalue weighted by atomic mass is 9.96. The van der Waals surface area contributed by atoms with Crippen molar-refractivity contribution >= 4 is 34.6 Å². The third kappa shape index (κ3) is 4.91. The second kappa shape index (κ2) is 10.4. The molecule has 1 fully saturated rings. The van der Waals surface area contributed by atoms with Gasteiger partial charge in [0.25, 0.3) is 0 Å². The van der Waals surface area contributed by atoms with Crippen LogP contribution in [0.25, 0.3) is 22.4 Å². The predicted octanol–water partition coefficient (Wildman–Crippen LogP) is 0.707. The number of hydrogen-bond acceptors (Lipinski definition) is 12. The molecule has 16 heteroatoms. The minimum Gasteiger partial charge on any atom is -0.479 e. The number of nitrogen functional groups attached to an aromatic ring is 1. The number of nitrogens with zero attached hydrogens (tertiary/aromatic N) is 5. The number of aliphatic hydroxyl groups excluding tert-OH is 2. The first-order chi connectivity index (χ1) is 18.6. The second-order valence-corrected chi connectivity index (χ2v) is 9.14. The molecular weight excluding hydrogens is 543 g/mol. The highest BCUT2D eigenvalue weighted by Gasteiger charge is 2.51. The minimum absolute atomic E-state index is 0.0301. The Morgan fingerprint density at radius 3 is 2.72 bits per heavy atom. The van der Waals surface area contributed by atoms with Crippen LogP contribution in [-0.2, 0) is 20.7 Å². The van der Waals surface area contributed by atoms with E-state index >= 15 is 4.39 Å². The molecular formula is C23H22ClFN6O8. The molecule has 39 heavy (non-hydrogen) atoms. The number of carboxylic acid groups (broad SMARTS) is 1. The first-order valence-electron chi connectivity index (χ1n) is 11.5. The summed E-state index contributed by atoms with van der Waals surface area (Å²) in [5.74, 6) is -1.83. The molecule has 206 valence electrons. The summed E-state index contributed by atoms with van der Waals surface area (Å²) in [5.41, 5.74) is 4.34. The monoisotopic (exact) mass is 564 g/mol. The van der Waals surface area contributed by atoms with Crippen LogP contribution in [0.4, 0.5) is 10.2 Å². The van der Waals surface area contributed by atoms with E-state index in [1.807, 2.05) is 0 Å². The van der Waals surface area contributed by atoms with Gasteiger partial charge in [-0.1, -0.05) is 35.5 Å². The van der Waals surface area contributed by atoms with Gasteiger partial charge in [-0.2, -0.15) is 9.97 Å². The number of imidazole rings is 1. The summed E-state index contributed by atoms with van der Waals surface area (Å²) in [6.07, 6.45) is -8.76. The summed E-state index contributed by atoms with van der Waals surface area (Å²) in [6, 6.07) is 10.3. The molecule has 0 spiro atoms. The molecule has 4 heterocycles. The summed E-state index contributed by atoms with van der Waals surface area (Å²) in [4.78, 5) is 24.0. The first-order valence-corrected chi connectivity index (χ1v) is 11.9. The van der Waals surface area contributed by atoms with E-state index in [1.54, 1.807) is 30.3 Å². The summed E-state index contributed by atoms with van der Waals surface area (Å²) in [5, 5.41) is 44.2. The van der Waals surface area contributed by atoms with Crippen molar-refractivity contribution in [2.75, 3.05) is 12.3 Å². The maximum Gasteiger partial charge on any atom is 0.341 e. The zero-order valence-corrected chi connectivity index (χ0v) is 20.6. The third-order valence-corrected chi connectivity index (χ3v) is 6.51. The van der Waals surface area contributed by atoms with Crippen molar-refractivity contribution in [1.29, 1.82) is 0 Å². The number of benzene rings is 1. The van der Waals surface area contributed by atoms with E-state index in [4.69, 9.17) is 31.3 Å². The van der Waals surface area contributed by atoms with Gasteiger partial charge in [0.05, 0.1) is 19.4 Å². The molecule has 1 saturated heterocycles. The average molecular weight is 565 g/mol. The van der Waals surface area contributed by atoms with Crippen LogP contribution in [0.3, 0.4) is 0 Å². The molecule has 5 rings (SSSR count). The molecule has 0 saturated carbocycles. The lowest BCUT2D eigenvalue weighted by Crippen LogP contribution is -2.55. The highest BCUT2D eigenvalue weighted by molar-refractivity contribution is 6.28. The Kier molecular flexibility index (Phi) is 7.19. The molecule has 0 radical (unpaired) electrons. The largest absolute Gasteiger partial charge is 0.479 e. The molecule has 0 bridgehead atoms. The van der Waals surface area contributed by atoms with E-state index in [2.05, 4.69) is 20.1 Å². The second-order valence-electron chi connectivity index (χ2n) is 8.80. The van der Waals surface area contributed by atoms with Crippen LogP contribution in [0.5, 0.6) is 0 Å². The molecule has 0 amide bonds. The number of anilines is 1. The fraction of sp³-hybridized carbons (Fsp3) is 0.348. The first kappa shape index (κ1) is 26.9. The predicted molar refractivity (Wildman–Crippen MR) is 130 cm³/mol. The quantitative estimate of drug-likeness (QED) is 0.140. The van der Waals surface area contributed by atoms with Gasteiger partial charge in [0.1, 0.15) is 29.2 Å². The molecule has 1 unspecified atom stereocenters. The van der Waals surface area contributed by atoms with Crippen molar-refractivity contribution in [1.82, 2.24) is 24.7 Å². The van der Waals surface area contributed by atoms with E-state index in [9.17, 15) is 25.2 Å². The Morgan fingerprint density at radius 1 is 1.28 bits per heavy atom. The zero-order chi connectivity index (χ0) is 27.9. The molecule has 5 atom stereocenters. The van der Waals surface area contributed by atoms with E-state index in [-0.39, 0.29) is 28.0 Å². The van der Waals surface area contributed by atoms with Crippen molar-refractivity contribution in [3.05, 3.63) is 53.8 Å². The maximum atomic E-state index is 15.1. The standard InChI is InChI=1S/C23H22ClFN6O8/c24-22-28-17(26)15-18(29-22)31(9-27-15)19-14(25)16(32)13(38-19)8-37-23(20(33)34,21(35)36)7-11-6-12(30-39-11)10-4-2-1-3-5-10/h1-6,9,13-14,16,19-20,32-34H,7-8H2,(H,35,36)(H2,26,28,29)/t13-,14+,16-,19-,23?/m1/s1. The van der Waals surface area contributed by atoms with Crippen LogP contribution in [0.1, 0.15) is 12.0 Å². The molecule has 1 aliphatic rings. The van der Waals surface area contributed by atoms with Crippen molar-refractivity contribution in [2.45, 2.75) is 42.9 Å². The Balaban J connectivity index is 1.36. The van der Waals surface area contributed by atoms with Gasteiger partial charge in [-0.15, -0.1) is 0 Å². The molecule has 1 aromatic carbocycles. The normalized spacial score (nSPS) is 22.9. The van der Waals surface area contributed by atoms with Gasteiger partial charge in [0, 0.05) is 11.6 Å². The van der Waals surface area contributed by atoms with Crippen LogP contribution in [0, 0.1) is 0 Å². The van der Waals surface area contributed by atoms with Gasteiger partial charge in [-0.25, -0.2) is 14.2 Å². The van der Waals surface area contributed by atoms with Crippen LogP contribution < -0.4 is 5.73 Å². The van der Waals surface area contributed by atoms with E-state index in [0.29, 0.717) is 11.3 Å². The van der Waals surface area contributed by atoms with Gasteiger partial charge in [-0.05, 0) is 11.6 Å². The topological polar surface area (TPSA) is 212 Å². The van der Waals surface area contributed by atoms with E-state index in [0.717, 1.165) is 4.57 Å². The molecule has 14 nitrogen and oxygen atoms in total. The Labute approximate surface area is 223 Å². The van der Waals surface area contributed by atoms with Crippen LogP contribution >= 0.6 is 11.6 Å². The third-order valence-electron chi connectivity index (χ3n) is 6.34. The number of aromatic nitrogens is 5. The molecule has 1 aliphatic heterocycles. The number of halogens is 2. The summed E-state index contributed by atoms with van der Waals surface area (Å²) in [7, 11) is 0. The summed E-state index contributed by atoms with van der Waals surface area (Å²) >= 11 is 5.85. The number of aliphatic carboxylic acids is 1. The Morgan fingerprint density at radius 2 is 2.03 bits per heavy atom. The number of alkyl halides is 1. The molecule has 6 N–H and O–H groups in total. The number of fused-ring (bicyclic) bond motifs is 1. The molecule has 0 aliphatic carbocycles. The number of ether oxygens (including phenoxy) is 2. The molecule has 4 aromatic rings. The smallest absolute Gasteiger partial charge is 0.341 e. The van der Waals surface area contributed by atoms with Gasteiger partial charge >= 0.3 is 5.97 Å². The number of hydrogen-bond donors (Lipinski definition) is 5. The van der Waals surface area contributed by atoms with Crippen molar-refractivity contribution in [2.24, 2.45) is 0 Å². The maximum absolute atomic E-state index is 15.1. The number of carboxylic acids is 1. The molecule has 3 aromatic heterocycles. The van der Waals surface area contributed by atoms with Crippen LogP contribution in [0.2, 0.25) is 5.28 Å². The van der Waals surface area contributed by atoms with Gasteiger partial charge < -0.3 is 40.2 Å². The summed E-state index contributed by atoms with van der Waals surface area (Å²) < 4.78 is 32.6. The highest BCUT2D eigenvalue weighted by Crippen LogP contribution is 2.36. The minimum atomic E-state index is -2.67. The fourth-order valence-corrected chi connectivity index (χ4v) is 4.43. The Hall–Kier alpha value is -3.73. The van der Waals surface area contributed by atoms with Gasteiger partial charge in [0.2, 0.25) is 10.9 Å². The van der Waals surface area contributed by atoms with Crippen molar-refractivity contribution < 1.29 is 43.6 Å².